The summed E-state index contributed by atoms with van der Waals surface area (Å²) >= 11 is 0. The van der Waals surface area contributed by atoms with Gasteiger partial charge in [0.15, 0.2) is 5.96 Å². The molecule has 9 heteroatoms. The first-order valence-corrected chi connectivity index (χ1v) is 7.78. The van der Waals surface area contributed by atoms with E-state index in [9.17, 15) is 18.3 Å². The smallest absolute Gasteiger partial charge is 0.393 e. The maximum absolute atomic E-state index is 11.9. The van der Waals surface area contributed by atoms with E-state index in [4.69, 9.17) is 0 Å². The number of hydrogen-bond donors (Lipinski definition) is 3. The fourth-order valence-electron chi connectivity index (χ4n) is 2.28. The highest BCUT2D eigenvalue weighted by Gasteiger charge is 2.27. The number of nitrogens with zero attached hydrogens (tertiary/aromatic N) is 1. The van der Waals surface area contributed by atoms with Crippen LogP contribution in [0.3, 0.4) is 0 Å². The number of rotatable bonds is 7. The van der Waals surface area contributed by atoms with E-state index in [1.54, 1.807) is 0 Å². The minimum Gasteiger partial charge on any atom is -0.393 e. The van der Waals surface area contributed by atoms with Crippen LogP contribution in [0.1, 0.15) is 39.0 Å². The van der Waals surface area contributed by atoms with Crippen LogP contribution in [0.2, 0.25) is 0 Å². The van der Waals surface area contributed by atoms with E-state index in [2.05, 4.69) is 20.4 Å². The van der Waals surface area contributed by atoms with Gasteiger partial charge < -0.3 is 20.5 Å². The number of aliphatic imine (C=N–C) groups is 1. The summed E-state index contributed by atoms with van der Waals surface area (Å²) in [4.78, 5) is 4.33. The molecule has 0 aromatic carbocycles. The van der Waals surface area contributed by atoms with E-state index in [0.717, 1.165) is 25.7 Å². The van der Waals surface area contributed by atoms with E-state index in [1.165, 1.54) is 0 Å². The Morgan fingerprint density at radius 2 is 1.91 bits per heavy atom. The summed E-state index contributed by atoms with van der Waals surface area (Å²) in [5, 5.41) is 15.9. The van der Waals surface area contributed by atoms with Crippen molar-refractivity contribution in [3.05, 3.63) is 0 Å². The van der Waals surface area contributed by atoms with Crippen molar-refractivity contribution < 1.29 is 23.0 Å². The van der Waals surface area contributed by atoms with E-state index < -0.39 is 12.8 Å². The zero-order valence-corrected chi connectivity index (χ0v) is 15.7. The van der Waals surface area contributed by atoms with Gasteiger partial charge in [-0.2, -0.15) is 13.2 Å². The molecule has 0 atom stereocenters. The number of alkyl halides is 3. The van der Waals surface area contributed by atoms with E-state index in [0.29, 0.717) is 25.5 Å². The maximum atomic E-state index is 11.9. The van der Waals surface area contributed by atoms with Gasteiger partial charge in [-0.25, -0.2) is 0 Å². The molecular formula is C14H27F3IN3O2. The van der Waals surface area contributed by atoms with Crippen LogP contribution >= 0.6 is 24.0 Å². The summed E-state index contributed by atoms with van der Waals surface area (Å²) < 4.78 is 40.2. The number of aliphatic hydroxyl groups is 1. The van der Waals surface area contributed by atoms with Crippen molar-refractivity contribution in [2.45, 2.75) is 57.3 Å². The Hall–Kier alpha value is -0.290. The minimum atomic E-state index is -4.27. The number of guanidine groups is 1. The minimum absolute atomic E-state index is 0. The van der Waals surface area contributed by atoms with E-state index in [1.807, 2.05) is 6.92 Å². The van der Waals surface area contributed by atoms with Crippen LogP contribution in [-0.2, 0) is 4.74 Å². The summed E-state index contributed by atoms with van der Waals surface area (Å²) in [6, 6.07) is 0.280. The van der Waals surface area contributed by atoms with Gasteiger partial charge in [0, 0.05) is 25.7 Å². The van der Waals surface area contributed by atoms with Gasteiger partial charge in [-0.05, 0) is 39.0 Å². The molecule has 0 aliphatic heterocycles. The van der Waals surface area contributed by atoms with Gasteiger partial charge in [-0.15, -0.1) is 24.0 Å². The third-order valence-electron chi connectivity index (χ3n) is 3.36. The predicted molar refractivity (Wildman–Crippen MR) is 94.3 cm³/mol. The molecule has 1 rings (SSSR count). The molecule has 3 N–H and O–H groups in total. The Bertz CT molecular complexity index is 336. The number of hydrogen-bond acceptors (Lipinski definition) is 3. The van der Waals surface area contributed by atoms with Crippen molar-refractivity contribution in [1.29, 1.82) is 0 Å². The van der Waals surface area contributed by atoms with Crippen LogP contribution in [0.25, 0.3) is 0 Å². The Morgan fingerprint density at radius 1 is 1.26 bits per heavy atom. The lowest BCUT2D eigenvalue weighted by Gasteiger charge is -2.27. The van der Waals surface area contributed by atoms with Crippen molar-refractivity contribution in [1.82, 2.24) is 10.6 Å². The molecule has 138 valence electrons. The highest BCUT2D eigenvalue weighted by Crippen LogP contribution is 2.18. The van der Waals surface area contributed by atoms with Gasteiger partial charge in [-0.3, -0.25) is 4.99 Å². The predicted octanol–water partition coefficient (Wildman–Crippen LogP) is 2.43. The Morgan fingerprint density at radius 3 is 2.48 bits per heavy atom. The zero-order chi connectivity index (χ0) is 16.4. The van der Waals surface area contributed by atoms with Gasteiger partial charge in [0.05, 0.1) is 6.10 Å². The normalized spacial score (nSPS) is 22.4. The Kier molecular flexibility index (Phi) is 12.0. The van der Waals surface area contributed by atoms with Crippen LogP contribution < -0.4 is 10.6 Å². The third kappa shape index (κ3) is 11.8. The monoisotopic (exact) mass is 453 g/mol. The molecule has 0 unspecified atom stereocenters. The SMILES string of the molecule is CCNC(=NCCCOCC(F)(F)F)NC1CCC(O)CC1.I. The van der Waals surface area contributed by atoms with Crippen LogP contribution in [0.4, 0.5) is 13.2 Å². The second kappa shape index (κ2) is 12.1. The number of halogens is 4. The molecule has 1 saturated carbocycles. The van der Waals surface area contributed by atoms with Gasteiger partial charge >= 0.3 is 6.18 Å². The molecule has 1 fully saturated rings. The third-order valence-corrected chi connectivity index (χ3v) is 3.36. The van der Waals surface area contributed by atoms with Crippen molar-refractivity contribution in [3.8, 4) is 0 Å². The average Bonchev–Trinajstić information content (AvgIpc) is 2.44. The quantitative estimate of drug-likeness (QED) is 0.240. The molecule has 0 radical (unpaired) electrons. The molecule has 0 aromatic rings. The Labute approximate surface area is 152 Å². The fourth-order valence-corrected chi connectivity index (χ4v) is 2.28. The zero-order valence-electron chi connectivity index (χ0n) is 13.4. The molecule has 1 aliphatic carbocycles. The summed E-state index contributed by atoms with van der Waals surface area (Å²) in [6.07, 6.45) is -0.699. The van der Waals surface area contributed by atoms with Crippen LogP contribution in [0, 0.1) is 0 Å². The van der Waals surface area contributed by atoms with Gasteiger partial charge in [0.2, 0.25) is 0 Å². The summed E-state index contributed by atoms with van der Waals surface area (Å²) in [6.45, 7) is 1.90. The first-order valence-electron chi connectivity index (χ1n) is 7.78. The fraction of sp³-hybridized carbons (Fsp3) is 0.929. The lowest BCUT2D eigenvalue weighted by atomic mass is 9.93. The maximum Gasteiger partial charge on any atom is 0.411 e. The average molecular weight is 453 g/mol. The molecule has 0 bridgehead atoms. The second-order valence-corrected chi connectivity index (χ2v) is 5.43. The first-order chi connectivity index (χ1) is 10.4. The molecular weight excluding hydrogens is 426 g/mol. The number of ether oxygens (including phenoxy) is 1. The topological polar surface area (TPSA) is 65.9 Å². The lowest BCUT2D eigenvalue weighted by molar-refractivity contribution is -0.173. The van der Waals surface area contributed by atoms with Gasteiger partial charge in [-0.1, -0.05) is 0 Å². The molecule has 0 aromatic heterocycles. The van der Waals surface area contributed by atoms with Crippen LogP contribution in [0.5, 0.6) is 0 Å². The summed E-state index contributed by atoms with van der Waals surface area (Å²) in [7, 11) is 0. The van der Waals surface area contributed by atoms with Crippen molar-refractivity contribution in [2.24, 2.45) is 4.99 Å². The second-order valence-electron chi connectivity index (χ2n) is 5.43. The molecule has 5 nitrogen and oxygen atoms in total. The number of nitrogens with one attached hydrogen (secondary N) is 2. The molecule has 23 heavy (non-hydrogen) atoms. The van der Waals surface area contributed by atoms with Gasteiger partial charge in [0.1, 0.15) is 6.61 Å². The summed E-state index contributed by atoms with van der Waals surface area (Å²) in [5.41, 5.74) is 0. The molecule has 0 heterocycles. The molecule has 0 amide bonds. The Balaban J connectivity index is 0.00000484. The molecule has 0 saturated heterocycles. The highest BCUT2D eigenvalue weighted by molar-refractivity contribution is 14.0. The van der Waals surface area contributed by atoms with E-state index in [-0.39, 0.29) is 42.7 Å². The van der Waals surface area contributed by atoms with E-state index >= 15 is 0 Å². The first kappa shape index (κ1) is 22.7. The van der Waals surface area contributed by atoms with Crippen LogP contribution in [0.15, 0.2) is 4.99 Å². The number of aliphatic hydroxyl groups excluding tert-OH is 1. The summed E-state index contributed by atoms with van der Waals surface area (Å²) in [5.74, 6) is 0.666. The highest BCUT2D eigenvalue weighted by atomic mass is 127. The van der Waals surface area contributed by atoms with Gasteiger partial charge in [0.25, 0.3) is 0 Å². The van der Waals surface area contributed by atoms with Crippen molar-refractivity contribution in [3.63, 3.8) is 0 Å². The van der Waals surface area contributed by atoms with Crippen LogP contribution in [-0.4, -0.2) is 55.7 Å². The van der Waals surface area contributed by atoms with Crippen molar-refractivity contribution in [2.75, 3.05) is 26.3 Å². The standard InChI is InChI=1S/C14H26F3N3O2.HI/c1-2-18-13(20-11-4-6-12(21)7-5-11)19-8-3-9-22-10-14(15,16)17;/h11-12,21H,2-10H2,1H3,(H2,18,19,20);1H. The van der Waals surface area contributed by atoms with Crippen molar-refractivity contribution >= 4 is 29.9 Å². The molecule has 1 aliphatic rings. The largest absolute Gasteiger partial charge is 0.411 e. The molecule has 0 spiro atoms. The lowest BCUT2D eigenvalue weighted by Crippen LogP contribution is -2.45.